The number of aromatic nitrogens is 2. The summed E-state index contributed by atoms with van der Waals surface area (Å²) in [7, 11) is 0. The number of nitrogens with one attached hydrogen (secondary N) is 1. The minimum absolute atomic E-state index is 0.176. The summed E-state index contributed by atoms with van der Waals surface area (Å²) in [5.41, 5.74) is 5.94. The van der Waals surface area contributed by atoms with Crippen LogP contribution in [0.5, 0.6) is 0 Å². The lowest BCUT2D eigenvalue weighted by Gasteiger charge is -2.37. The second-order valence-corrected chi connectivity index (χ2v) is 7.84. The third kappa shape index (κ3) is 3.81. The van der Waals surface area contributed by atoms with E-state index in [1.54, 1.807) is 6.07 Å². The molecule has 3 heterocycles. The number of pyridine rings is 1. The lowest BCUT2D eigenvalue weighted by Crippen LogP contribution is -2.47. The molecule has 1 aliphatic heterocycles. The van der Waals surface area contributed by atoms with Crippen molar-refractivity contribution in [2.24, 2.45) is 0 Å². The lowest BCUT2D eigenvalue weighted by molar-refractivity contribution is 0.261. The van der Waals surface area contributed by atoms with Gasteiger partial charge in [-0.3, -0.25) is 9.88 Å². The molecule has 4 aromatic rings. The number of benzene rings is 2. The van der Waals surface area contributed by atoms with E-state index in [4.69, 9.17) is 0 Å². The molecule has 0 amide bonds. The number of anilines is 1. The van der Waals surface area contributed by atoms with Crippen LogP contribution in [0.2, 0.25) is 0 Å². The molecule has 1 aliphatic rings. The number of hydrogen-bond acceptors (Lipinski definition) is 3. The molecule has 0 unspecified atom stereocenters. The zero-order valence-electron chi connectivity index (χ0n) is 16.9. The van der Waals surface area contributed by atoms with E-state index < -0.39 is 0 Å². The Bertz CT molecular complexity index is 1130. The van der Waals surface area contributed by atoms with Gasteiger partial charge in [-0.1, -0.05) is 18.2 Å². The first-order valence-electron chi connectivity index (χ1n) is 10.5. The van der Waals surface area contributed by atoms with Gasteiger partial charge in [0.1, 0.15) is 5.82 Å². The van der Waals surface area contributed by atoms with Crippen molar-refractivity contribution in [2.75, 3.05) is 37.6 Å². The third-order valence-corrected chi connectivity index (χ3v) is 6.04. The molecule has 1 N–H and O–H groups in total. The highest BCUT2D eigenvalue weighted by Crippen LogP contribution is 2.31. The average Bonchev–Trinajstić information content (AvgIpc) is 3.21. The molecule has 0 aliphatic carbocycles. The second kappa shape index (κ2) is 8.28. The van der Waals surface area contributed by atoms with E-state index >= 15 is 0 Å². The Balaban J connectivity index is 1.24. The van der Waals surface area contributed by atoms with Gasteiger partial charge in [0.15, 0.2) is 0 Å². The summed E-state index contributed by atoms with van der Waals surface area (Å²) in [5.74, 6) is -0.176. The van der Waals surface area contributed by atoms with Crippen LogP contribution in [0.1, 0.15) is 5.56 Å². The highest BCUT2D eigenvalue weighted by molar-refractivity contribution is 5.83. The fraction of sp³-hybridized carbons (Fsp3) is 0.240. The van der Waals surface area contributed by atoms with Crippen LogP contribution in [-0.2, 0) is 6.42 Å². The highest BCUT2D eigenvalue weighted by Gasteiger charge is 2.19. The number of fused-ring (bicyclic) bond motifs is 1. The molecule has 152 valence electrons. The largest absolute Gasteiger partial charge is 0.368 e. The molecule has 4 nitrogen and oxygen atoms in total. The number of hydrogen-bond donors (Lipinski definition) is 1. The van der Waals surface area contributed by atoms with Crippen molar-refractivity contribution in [1.29, 1.82) is 0 Å². The Labute approximate surface area is 176 Å². The fourth-order valence-corrected chi connectivity index (χ4v) is 4.37. The fourth-order valence-electron chi connectivity index (χ4n) is 4.37. The molecule has 0 radical (unpaired) electrons. The van der Waals surface area contributed by atoms with Gasteiger partial charge >= 0.3 is 0 Å². The first kappa shape index (κ1) is 18.8. The first-order chi connectivity index (χ1) is 14.8. The van der Waals surface area contributed by atoms with Crippen LogP contribution in [0.15, 0.2) is 73.2 Å². The summed E-state index contributed by atoms with van der Waals surface area (Å²) >= 11 is 0. The first-order valence-corrected chi connectivity index (χ1v) is 10.5. The van der Waals surface area contributed by atoms with E-state index in [0.29, 0.717) is 0 Å². The number of piperazine rings is 1. The molecule has 0 spiro atoms. The summed E-state index contributed by atoms with van der Waals surface area (Å²) in [6.07, 6.45) is 6.64. The molecule has 2 aromatic heterocycles. The number of aromatic amines is 1. The molecular weight excluding hydrogens is 375 g/mol. The van der Waals surface area contributed by atoms with E-state index in [0.717, 1.165) is 50.0 Å². The van der Waals surface area contributed by atoms with Crippen LogP contribution in [0.3, 0.4) is 0 Å². The third-order valence-electron chi connectivity index (χ3n) is 6.04. The van der Waals surface area contributed by atoms with Crippen LogP contribution >= 0.6 is 0 Å². The summed E-state index contributed by atoms with van der Waals surface area (Å²) in [5, 5.41) is 1.000. The van der Waals surface area contributed by atoms with Gasteiger partial charge in [0, 0.05) is 73.5 Å². The Morgan fingerprint density at radius 1 is 0.933 bits per heavy atom. The van der Waals surface area contributed by atoms with Gasteiger partial charge < -0.3 is 9.88 Å². The Morgan fingerprint density at radius 3 is 2.57 bits per heavy atom. The smallest absolute Gasteiger partial charge is 0.123 e. The normalized spacial score (nSPS) is 15.0. The lowest BCUT2D eigenvalue weighted by atomic mass is 10.0. The maximum absolute atomic E-state index is 13.6. The molecule has 0 atom stereocenters. The van der Waals surface area contributed by atoms with Gasteiger partial charge in [0.2, 0.25) is 0 Å². The Morgan fingerprint density at radius 2 is 1.73 bits per heavy atom. The number of H-pyrrole nitrogens is 1. The Hall–Kier alpha value is -3.18. The highest BCUT2D eigenvalue weighted by atomic mass is 19.1. The molecule has 1 fully saturated rings. The van der Waals surface area contributed by atoms with Crippen molar-refractivity contribution in [2.45, 2.75) is 6.42 Å². The van der Waals surface area contributed by atoms with E-state index in [9.17, 15) is 4.39 Å². The molecule has 1 saturated heterocycles. The zero-order valence-corrected chi connectivity index (χ0v) is 16.9. The molecular formula is C25H25FN4. The Kier molecular flexibility index (Phi) is 5.20. The maximum atomic E-state index is 13.6. The summed E-state index contributed by atoms with van der Waals surface area (Å²) in [6.45, 7) is 5.06. The zero-order chi connectivity index (χ0) is 20.3. The number of rotatable bonds is 5. The SMILES string of the molecule is Fc1ccc2[nH]cc(CCN3CCN(c4ccccc4-c4ccncc4)CC3)c2c1. The van der Waals surface area contributed by atoms with E-state index in [1.165, 1.54) is 28.4 Å². The number of halogens is 1. The van der Waals surface area contributed by atoms with Crippen molar-refractivity contribution in [3.63, 3.8) is 0 Å². The van der Waals surface area contributed by atoms with Gasteiger partial charge in [0.25, 0.3) is 0 Å². The van der Waals surface area contributed by atoms with Gasteiger partial charge in [0.05, 0.1) is 0 Å². The van der Waals surface area contributed by atoms with Crippen molar-refractivity contribution in [3.8, 4) is 11.1 Å². The molecule has 5 heteroatoms. The molecule has 2 aromatic carbocycles. The van der Waals surface area contributed by atoms with Crippen molar-refractivity contribution < 1.29 is 4.39 Å². The number of para-hydroxylation sites is 1. The predicted molar refractivity (Wildman–Crippen MR) is 120 cm³/mol. The van der Waals surface area contributed by atoms with Crippen LogP contribution in [0.4, 0.5) is 10.1 Å². The van der Waals surface area contributed by atoms with E-state index in [2.05, 4.69) is 56.2 Å². The van der Waals surface area contributed by atoms with Crippen molar-refractivity contribution in [1.82, 2.24) is 14.9 Å². The van der Waals surface area contributed by atoms with Crippen LogP contribution in [0.25, 0.3) is 22.0 Å². The minimum Gasteiger partial charge on any atom is -0.368 e. The monoisotopic (exact) mass is 400 g/mol. The standard InChI is InChI=1S/C25H25FN4/c26-21-5-6-24-23(17-21)20(18-28-24)9-12-29-13-15-30(16-14-29)25-4-2-1-3-22(25)19-7-10-27-11-8-19/h1-8,10-11,17-18,28H,9,12-16H2. The minimum atomic E-state index is -0.176. The second-order valence-electron chi connectivity index (χ2n) is 7.84. The van der Waals surface area contributed by atoms with Crippen molar-refractivity contribution in [3.05, 3.63) is 84.6 Å². The van der Waals surface area contributed by atoms with Gasteiger partial charge in [-0.25, -0.2) is 4.39 Å². The molecule has 30 heavy (non-hydrogen) atoms. The van der Waals surface area contributed by atoms with Crippen LogP contribution in [-0.4, -0.2) is 47.6 Å². The molecule has 0 saturated carbocycles. The quantitative estimate of drug-likeness (QED) is 0.526. The van der Waals surface area contributed by atoms with Gasteiger partial charge in [-0.15, -0.1) is 0 Å². The summed E-state index contributed by atoms with van der Waals surface area (Å²) < 4.78 is 13.6. The number of nitrogens with zero attached hydrogens (tertiary/aromatic N) is 3. The van der Waals surface area contributed by atoms with Gasteiger partial charge in [-0.05, 0) is 53.9 Å². The van der Waals surface area contributed by atoms with E-state index in [1.807, 2.05) is 24.7 Å². The molecule has 0 bridgehead atoms. The average molecular weight is 401 g/mol. The predicted octanol–water partition coefficient (Wildman–Crippen LogP) is 4.73. The van der Waals surface area contributed by atoms with Gasteiger partial charge in [-0.2, -0.15) is 0 Å². The topological polar surface area (TPSA) is 35.2 Å². The summed E-state index contributed by atoms with van der Waals surface area (Å²) in [4.78, 5) is 12.4. The molecule has 5 rings (SSSR count). The van der Waals surface area contributed by atoms with Crippen LogP contribution in [0, 0.1) is 5.82 Å². The van der Waals surface area contributed by atoms with Crippen molar-refractivity contribution >= 4 is 16.6 Å². The summed E-state index contributed by atoms with van der Waals surface area (Å²) in [6, 6.07) is 17.7. The van der Waals surface area contributed by atoms with E-state index in [-0.39, 0.29) is 5.82 Å². The maximum Gasteiger partial charge on any atom is 0.123 e. The van der Waals surface area contributed by atoms with Crippen LogP contribution < -0.4 is 4.90 Å².